The zero-order chi connectivity index (χ0) is 9.19. The first-order chi connectivity index (χ1) is 5.59. The molecule has 0 atom stereocenters. The Kier molecular flexibility index (Phi) is 2.13. The van der Waals surface area contributed by atoms with Gasteiger partial charge in [0.2, 0.25) is 5.60 Å². The van der Waals surface area contributed by atoms with Gasteiger partial charge in [0.1, 0.15) is 0 Å². The van der Waals surface area contributed by atoms with Gasteiger partial charge in [-0.05, 0) is 26.0 Å². The maximum Gasteiger partial charge on any atom is 0.241 e. The van der Waals surface area contributed by atoms with E-state index in [1.54, 1.807) is 12.2 Å². The van der Waals surface area contributed by atoms with Gasteiger partial charge in [-0.1, -0.05) is 6.08 Å². The molecule has 0 fully saturated rings. The highest BCUT2D eigenvalue weighted by Gasteiger charge is 2.40. The molecule has 1 heterocycles. The summed E-state index contributed by atoms with van der Waals surface area (Å²) < 4.78 is 5.02. The van der Waals surface area contributed by atoms with Crippen LogP contribution in [0.3, 0.4) is 0 Å². The van der Waals surface area contributed by atoms with Crippen molar-refractivity contribution in [2.75, 3.05) is 0 Å². The Morgan fingerprint density at radius 2 is 1.75 bits per heavy atom. The molecule has 0 unspecified atom stereocenters. The molecule has 0 aliphatic carbocycles. The highest BCUT2D eigenvalue weighted by Crippen LogP contribution is 2.19. The normalized spacial score (nSPS) is 18.5. The summed E-state index contributed by atoms with van der Waals surface area (Å²) >= 11 is 0. The van der Waals surface area contributed by atoms with Crippen molar-refractivity contribution in [3.63, 3.8) is 0 Å². The van der Waals surface area contributed by atoms with Crippen molar-refractivity contribution < 1.29 is 14.3 Å². The fraction of sp³-hybridized carbons (Fsp3) is 0.333. The van der Waals surface area contributed by atoms with Crippen molar-refractivity contribution in [3.05, 3.63) is 24.5 Å². The lowest BCUT2D eigenvalue weighted by Gasteiger charge is -2.25. The van der Waals surface area contributed by atoms with Crippen molar-refractivity contribution in [1.82, 2.24) is 0 Å². The highest BCUT2D eigenvalue weighted by molar-refractivity contribution is 6.11. The summed E-state index contributed by atoms with van der Waals surface area (Å²) in [6, 6.07) is 0. The van der Waals surface area contributed by atoms with Crippen LogP contribution in [0.4, 0.5) is 0 Å². The molecule has 0 saturated heterocycles. The lowest BCUT2D eigenvalue weighted by Crippen LogP contribution is -2.44. The number of hydrogen-bond acceptors (Lipinski definition) is 3. The Morgan fingerprint density at radius 3 is 2.00 bits per heavy atom. The molecule has 0 saturated carbocycles. The van der Waals surface area contributed by atoms with Gasteiger partial charge in [-0.15, -0.1) is 0 Å². The third-order valence-electron chi connectivity index (χ3n) is 1.82. The lowest BCUT2D eigenvalue weighted by molar-refractivity contribution is -0.144. The molecule has 0 aromatic heterocycles. The van der Waals surface area contributed by atoms with E-state index in [0.717, 1.165) is 0 Å². The number of carbonyl (C=O) groups is 2. The summed E-state index contributed by atoms with van der Waals surface area (Å²) in [5, 5.41) is 0. The number of Topliss-reactive ketones (excluding diaryl/α,β-unsaturated/α-hetero) is 2. The fourth-order valence-electron chi connectivity index (χ4n) is 1.07. The van der Waals surface area contributed by atoms with Crippen LogP contribution in [0.2, 0.25) is 0 Å². The minimum atomic E-state index is -1.37. The summed E-state index contributed by atoms with van der Waals surface area (Å²) in [4.78, 5) is 22.3. The molecule has 12 heavy (non-hydrogen) atoms. The molecule has 0 bridgehead atoms. The Labute approximate surface area is 70.7 Å². The predicted molar refractivity (Wildman–Crippen MR) is 43.5 cm³/mol. The first-order valence-corrected chi connectivity index (χ1v) is 3.64. The zero-order valence-electron chi connectivity index (χ0n) is 7.03. The SMILES string of the molecule is CC(=O)C1(C(C)=O)C=CC=CO1. The maximum absolute atomic E-state index is 11.1. The Hall–Kier alpha value is -1.38. The number of ketones is 2. The second kappa shape index (κ2) is 2.93. The van der Waals surface area contributed by atoms with E-state index in [0.29, 0.717) is 0 Å². The lowest BCUT2D eigenvalue weighted by atomic mass is 9.93. The van der Waals surface area contributed by atoms with Crippen LogP contribution in [0.5, 0.6) is 0 Å². The van der Waals surface area contributed by atoms with Crippen LogP contribution in [-0.2, 0) is 14.3 Å². The molecule has 0 amide bonds. The number of ether oxygens (including phenoxy) is 1. The fourth-order valence-corrected chi connectivity index (χ4v) is 1.07. The van der Waals surface area contributed by atoms with Gasteiger partial charge in [0, 0.05) is 0 Å². The van der Waals surface area contributed by atoms with Crippen LogP contribution in [0, 0.1) is 0 Å². The third-order valence-corrected chi connectivity index (χ3v) is 1.82. The van der Waals surface area contributed by atoms with E-state index in [9.17, 15) is 9.59 Å². The van der Waals surface area contributed by atoms with E-state index >= 15 is 0 Å². The van der Waals surface area contributed by atoms with E-state index < -0.39 is 5.60 Å². The van der Waals surface area contributed by atoms with Crippen molar-refractivity contribution in [2.24, 2.45) is 0 Å². The number of hydrogen-bond donors (Lipinski definition) is 0. The quantitative estimate of drug-likeness (QED) is 0.575. The van der Waals surface area contributed by atoms with Gasteiger partial charge in [0.25, 0.3) is 0 Å². The molecule has 0 aromatic rings. The van der Waals surface area contributed by atoms with Crippen molar-refractivity contribution in [2.45, 2.75) is 19.4 Å². The second-order valence-electron chi connectivity index (χ2n) is 2.65. The average molecular weight is 166 g/mol. The van der Waals surface area contributed by atoms with E-state index in [4.69, 9.17) is 4.74 Å². The predicted octanol–water partition coefficient (Wildman–Crippen LogP) is 1.00. The molecule has 1 aliphatic rings. The van der Waals surface area contributed by atoms with E-state index in [1.807, 2.05) is 0 Å². The second-order valence-corrected chi connectivity index (χ2v) is 2.65. The first kappa shape index (κ1) is 8.71. The topological polar surface area (TPSA) is 43.4 Å². The number of carbonyl (C=O) groups excluding carboxylic acids is 2. The molecule has 3 heteroatoms. The van der Waals surface area contributed by atoms with E-state index in [1.165, 1.54) is 26.2 Å². The largest absolute Gasteiger partial charge is 0.475 e. The molecule has 1 rings (SSSR count). The molecule has 1 aliphatic heterocycles. The van der Waals surface area contributed by atoms with Crippen molar-refractivity contribution in [3.8, 4) is 0 Å². The van der Waals surface area contributed by atoms with Gasteiger partial charge < -0.3 is 4.74 Å². The van der Waals surface area contributed by atoms with Crippen molar-refractivity contribution in [1.29, 1.82) is 0 Å². The summed E-state index contributed by atoms with van der Waals surface area (Å²) in [7, 11) is 0. The summed E-state index contributed by atoms with van der Waals surface area (Å²) in [5.41, 5.74) is -1.37. The molecule has 0 radical (unpaired) electrons. The van der Waals surface area contributed by atoms with Crippen molar-refractivity contribution >= 4 is 11.6 Å². The van der Waals surface area contributed by atoms with E-state index in [2.05, 4.69) is 0 Å². The molecule has 3 nitrogen and oxygen atoms in total. The van der Waals surface area contributed by atoms with Crippen LogP contribution < -0.4 is 0 Å². The van der Waals surface area contributed by atoms with Gasteiger partial charge in [-0.2, -0.15) is 0 Å². The standard InChI is InChI=1S/C9H10O3/c1-7(10)9(8(2)11)5-3-4-6-12-9/h3-6H,1-2H3. The van der Waals surface area contributed by atoms with Crippen LogP contribution in [0.25, 0.3) is 0 Å². The molecular formula is C9H10O3. The smallest absolute Gasteiger partial charge is 0.241 e. The van der Waals surface area contributed by atoms with Gasteiger partial charge in [-0.25, -0.2) is 0 Å². The highest BCUT2D eigenvalue weighted by atomic mass is 16.5. The average Bonchev–Trinajstić information content (AvgIpc) is 2.05. The monoisotopic (exact) mass is 166 g/mol. The summed E-state index contributed by atoms with van der Waals surface area (Å²) in [6.45, 7) is 2.68. The minimum absolute atomic E-state index is 0.296. The van der Waals surface area contributed by atoms with Gasteiger partial charge in [0.15, 0.2) is 11.6 Å². The number of rotatable bonds is 2. The van der Waals surface area contributed by atoms with Gasteiger partial charge in [0.05, 0.1) is 6.26 Å². The zero-order valence-corrected chi connectivity index (χ0v) is 7.03. The van der Waals surface area contributed by atoms with Crippen LogP contribution in [0.1, 0.15) is 13.8 Å². The third kappa shape index (κ3) is 1.18. The van der Waals surface area contributed by atoms with Gasteiger partial charge in [-0.3, -0.25) is 9.59 Å². The van der Waals surface area contributed by atoms with Crippen LogP contribution >= 0.6 is 0 Å². The minimum Gasteiger partial charge on any atom is -0.475 e. The Bertz CT molecular complexity index is 259. The maximum atomic E-state index is 11.1. The molecule has 0 N–H and O–H groups in total. The molecule has 0 aromatic carbocycles. The molecular weight excluding hydrogens is 156 g/mol. The summed E-state index contributed by atoms with van der Waals surface area (Å²) in [6.07, 6.45) is 6.08. The first-order valence-electron chi connectivity index (χ1n) is 3.64. The molecule has 0 spiro atoms. The van der Waals surface area contributed by atoms with Gasteiger partial charge >= 0.3 is 0 Å². The molecule has 64 valence electrons. The Morgan fingerprint density at radius 1 is 1.17 bits per heavy atom. The number of allylic oxidation sites excluding steroid dienone is 2. The Balaban J connectivity index is 3.04. The van der Waals surface area contributed by atoms with Crippen LogP contribution in [0.15, 0.2) is 24.5 Å². The van der Waals surface area contributed by atoms with Crippen LogP contribution in [-0.4, -0.2) is 17.2 Å². The van der Waals surface area contributed by atoms with E-state index in [-0.39, 0.29) is 11.6 Å². The summed E-state index contributed by atoms with van der Waals surface area (Å²) in [5.74, 6) is -0.591.